The van der Waals surface area contributed by atoms with Crippen molar-refractivity contribution in [1.29, 1.82) is 0 Å². The van der Waals surface area contributed by atoms with Gasteiger partial charge >= 0.3 is 5.97 Å². The van der Waals surface area contributed by atoms with Crippen molar-refractivity contribution in [2.45, 2.75) is 37.7 Å². The van der Waals surface area contributed by atoms with E-state index in [1.54, 1.807) is 11.8 Å². The van der Waals surface area contributed by atoms with Crippen LogP contribution in [0.1, 0.15) is 24.0 Å². The first-order valence-corrected chi connectivity index (χ1v) is 7.76. The molecule has 1 aromatic carbocycles. The van der Waals surface area contributed by atoms with Gasteiger partial charge < -0.3 is 15.5 Å². The van der Waals surface area contributed by atoms with Gasteiger partial charge in [0.2, 0.25) is 5.91 Å². The number of carbonyl (C=O) groups excluding carboxylic acids is 1. The summed E-state index contributed by atoms with van der Waals surface area (Å²) >= 11 is 1.61. The SMILES string of the molecule is Cc1ccc(SCCC(=O)NCC[C@H](O)C(=O)O)cc1C. The highest BCUT2D eigenvalue weighted by Crippen LogP contribution is 2.21. The Morgan fingerprint density at radius 2 is 2.00 bits per heavy atom. The zero-order valence-corrected chi connectivity index (χ0v) is 13.1. The molecule has 0 fully saturated rings. The molecule has 1 amide bonds. The Balaban J connectivity index is 2.21. The maximum Gasteiger partial charge on any atom is 0.332 e. The monoisotopic (exact) mass is 311 g/mol. The molecule has 0 saturated heterocycles. The predicted molar refractivity (Wildman–Crippen MR) is 82.5 cm³/mol. The number of amides is 1. The number of aliphatic carboxylic acids is 1. The van der Waals surface area contributed by atoms with Crippen LogP contribution in [0.2, 0.25) is 0 Å². The van der Waals surface area contributed by atoms with Gasteiger partial charge in [-0.05, 0) is 37.1 Å². The number of hydrogen-bond donors (Lipinski definition) is 3. The van der Waals surface area contributed by atoms with Crippen molar-refractivity contribution in [3.8, 4) is 0 Å². The summed E-state index contributed by atoms with van der Waals surface area (Å²) in [6.45, 7) is 4.28. The molecule has 0 unspecified atom stereocenters. The number of carboxylic acid groups (broad SMARTS) is 1. The molecule has 0 bridgehead atoms. The highest BCUT2D eigenvalue weighted by atomic mass is 32.2. The lowest BCUT2D eigenvalue weighted by atomic mass is 10.1. The average molecular weight is 311 g/mol. The van der Waals surface area contributed by atoms with E-state index in [1.807, 2.05) is 6.07 Å². The van der Waals surface area contributed by atoms with Gasteiger partial charge in [-0.3, -0.25) is 4.79 Å². The number of aliphatic hydroxyl groups is 1. The first kappa shape index (κ1) is 17.5. The maximum absolute atomic E-state index is 11.6. The van der Waals surface area contributed by atoms with Crippen LogP contribution in [0.15, 0.2) is 23.1 Å². The van der Waals surface area contributed by atoms with Crippen LogP contribution in [-0.2, 0) is 9.59 Å². The molecule has 1 atom stereocenters. The lowest BCUT2D eigenvalue weighted by Crippen LogP contribution is -2.30. The summed E-state index contributed by atoms with van der Waals surface area (Å²) in [5.41, 5.74) is 2.47. The molecule has 0 aliphatic heterocycles. The van der Waals surface area contributed by atoms with Crippen LogP contribution in [0, 0.1) is 13.8 Å². The molecule has 0 aliphatic rings. The van der Waals surface area contributed by atoms with Crippen molar-refractivity contribution in [2.24, 2.45) is 0 Å². The van der Waals surface area contributed by atoms with E-state index in [0.717, 1.165) is 4.90 Å². The first-order chi connectivity index (χ1) is 9.90. The van der Waals surface area contributed by atoms with E-state index >= 15 is 0 Å². The van der Waals surface area contributed by atoms with E-state index in [-0.39, 0.29) is 18.9 Å². The number of hydrogen-bond acceptors (Lipinski definition) is 4. The van der Waals surface area contributed by atoms with Gasteiger partial charge in [-0.25, -0.2) is 4.79 Å². The van der Waals surface area contributed by atoms with Crippen LogP contribution in [-0.4, -0.2) is 40.5 Å². The zero-order chi connectivity index (χ0) is 15.8. The van der Waals surface area contributed by atoms with E-state index in [2.05, 4.69) is 31.3 Å². The summed E-state index contributed by atoms with van der Waals surface area (Å²) in [6, 6.07) is 6.19. The van der Waals surface area contributed by atoms with Gasteiger partial charge in [0.15, 0.2) is 6.10 Å². The molecule has 3 N–H and O–H groups in total. The molecule has 21 heavy (non-hydrogen) atoms. The largest absolute Gasteiger partial charge is 0.479 e. The Morgan fingerprint density at radius 1 is 1.29 bits per heavy atom. The fraction of sp³-hybridized carbons (Fsp3) is 0.467. The van der Waals surface area contributed by atoms with E-state index < -0.39 is 12.1 Å². The Morgan fingerprint density at radius 3 is 2.62 bits per heavy atom. The van der Waals surface area contributed by atoms with Crippen LogP contribution in [0.3, 0.4) is 0 Å². The average Bonchev–Trinajstić information content (AvgIpc) is 2.42. The van der Waals surface area contributed by atoms with Crippen LogP contribution >= 0.6 is 11.8 Å². The topological polar surface area (TPSA) is 86.6 Å². The molecule has 1 rings (SSSR count). The van der Waals surface area contributed by atoms with Crippen molar-refractivity contribution in [3.63, 3.8) is 0 Å². The minimum Gasteiger partial charge on any atom is -0.479 e. The van der Waals surface area contributed by atoms with Gasteiger partial charge in [0.05, 0.1) is 0 Å². The summed E-state index contributed by atoms with van der Waals surface area (Å²) in [5, 5.41) is 20.1. The number of nitrogens with one attached hydrogen (secondary N) is 1. The molecule has 0 heterocycles. The third-order valence-corrected chi connectivity index (χ3v) is 4.10. The van der Waals surface area contributed by atoms with Crippen LogP contribution in [0.4, 0.5) is 0 Å². The van der Waals surface area contributed by atoms with Gasteiger partial charge in [0.25, 0.3) is 0 Å². The number of aryl methyl sites for hydroxylation is 2. The predicted octanol–water partition coefficient (Wildman–Crippen LogP) is 1.74. The summed E-state index contributed by atoms with van der Waals surface area (Å²) in [5.74, 6) is -0.742. The van der Waals surface area contributed by atoms with Gasteiger partial charge in [0.1, 0.15) is 0 Å². The van der Waals surface area contributed by atoms with E-state index in [0.29, 0.717) is 12.2 Å². The van der Waals surface area contributed by atoms with Gasteiger partial charge in [0, 0.05) is 30.0 Å². The van der Waals surface area contributed by atoms with Crippen molar-refractivity contribution in [2.75, 3.05) is 12.3 Å². The highest BCUT2D eigenvalue weighted by Gasteiger charge is 2.12. The van der Waals surface area contributed by atoms with Crippen molar-refractivity contribution in [1.82, 2.24) is 5.32 Å². The second kappa shape index (κ2) is 8.69. The molecule has 1 aromatic rings. The van der Waals surface area contributed by atoms with Crippen molar-refractivity contribution < 1.29 is 19.8 Å². The number of carboxylic acids is 1. The first-order valence-electron chi connectivity index (χ1n) is 6.77. The molecular formula is C15H21NO4S. The second-order valence-corrected chi connectivity index (χ2v) is 6.01. The summed E-state index contributed by atoms with van der Waals surface area (Å²) in [4.78, 5) is 23.1. The number of benzene rings is 1. The second-order valence-electron chi connectivity index (χ2n) is 4.84. The molecule has 0 radical (unpaired) electrons. The third kappa shape index (κ3) is 6.64. The van der Waals surface area contributed by atoms with Gasteiger partial charge in [-0.1, -0.05) is 6.07 Å². The fourth-order valence-electron chi connectivity index (χ4n) is 1.63. The minimum absolute atomic E-state index is 0.0192. The lowest BCUT2D eigenvalue weighted by Gasteiger charge is -2.08. The molecule has 0 aliphatic carbocycles. The van der Waals surface area contributed by atoms with Crippen LogP contribution < -0.4 is 5.32 Å². The molecule has 6 heteroatoms. The summed E-state index contributed by atoms with van der Waals surface area (Å²) in [7, 11) is 0. The molecule has 0 spiro atoms. The van der Waals surface area contributed by atoms with Crippen LogP contribution in [0.5, 0.6) is 0 Å². The van der Waals surface area contributed by atoms with E-state index in [9.17, 15) is 9.59 Å². The molecule has 116 valence electrons. The summed E-state index contributed by atoms with van der Waals surface area (Å²) in [6.07, 6.45) is -1.04. The highest BCUT2D eigenvalue weighted by molar-refractivity contribution is 7.99. The van der Waals surface area contributed by atoms with Gasteiger partial charge in [-0.15, -0.1) is 11.8 Å². The van der Waals surface area contributed by atoms with Gasteiger partial charge in [-0.2, -0.15) is 0 Å². The normalized spacial score (nSPS) is 12.0. The standard InChI is InChI=1S/C15H21NO4S/c1-10-3-4-12(9-11(10)2)21-8-6-14(18)16-7-5-13(17)15(19)20/h3-4,9,13,17H,5-8H2,1-2H3,(H,16,18)(H,19,20)/t13-/m0/s1. The fourth-order valence-corrected chi connectivity index (χ4v) is 2.57. The smallest absolute Gasteiger partial charge is 0.332 e. The van der Waals surface area contributed by atoms with E-state index in [1.165, 1.54) is 11.1 Å². The van der Waals surface area contributed by atoms with E-state index in [4.69, 9.17) is 10.2 Å². The molecule has 0 saturated carbocycles. The Hall–Kier alpha value is -1.53. The van der Waals surface area contributed by atoms with Crippen molar-refractivity contribution >= 4 is 23.6 Å². The number of carbonyl (C=O) groups is 2. The Bertz CT molecular complexity index is 504. The lowest BCUT2D eigenvalue weighted by molar-refractivity contribution is -0.147. The minimum atomic E-state index is -1.42. The quantitative estimate of drug-likeness (QED) is 0.637. The van der Waals surface area contributed by atoms with Crippen molar-refractivity contribution in [3.05, 3.63) is 29.3 Å². The zero-order valence-electron chi connectivity index (χ0n) is 12.3. The third-order valence-electron chi connectivity index (χ3n) is 3.10. The van der Waals surface area contributed by atoms with Crippen LogP contribution in [0.25, 0.3) is 0 Å². The molecule has 0 aromatic heterocycles. The number of thioether (sulfide) groups is 1. The molecular weight excluding hydrogens is 290 g/mol. The summed E-state index contributed by atoms with van der Waals surface area (Å²) < 4.78 is 0. The Kier molecular flexibility index (Phi) is 7.25. The maximum atomic E-state index is 11.6. The Labute approximate surface area is 128 Å². The number of aliphatic hydroxyl groups excluding tert-OH is 1. The molecule has 5 nitrogen and oxygen atoms in total. The number of rotatable bonds is 8.